The van der Waals surface area contributed by atoms with Crippen LogP contribution in [0.3, 0.4) is 0 Å². The second kappa shape index (κ2) is 7.73. The van der Waals surface area contributed by atoms with Crippen LogP contribution >= 0.6 is 0 Å². The van der Waals surface area contributed by atoms with Crippen LogP contribution in [-0.4, -0.2) is 29.9 Å². The predicted octanol–water partition coefficient (Wildman–Crippen LogP) is 3.61. The molecule has 0 saturated carbocycles. The summed E-state index contributed by atoms with van der Waals surface area (Å²) >= 11 is 0. The topological polar surface area (TPSA) is 46.6 Å². The quantitative estimate of drug-likeness (QED) is 0.611. The molecule has 0 bridgehead atoms. The Hall–Kier alpha value is -2.62. The van der Waals surface area contributed by atoms with Gasteiger partial charge in [-0.25, -0.2) is 0 Å². The number of amides is 1. The van der Waals surface area contributed by atoms with E-state index in [1.165, 1.54) is 5.56 Å². The van der Waals surface area contributed by atoms with Crippen molar-refractivity contribution in [2.75, 3.05) is 13.1 Å². The van der Waals surface area contributed by atoms with Gasteiger partial charge in [0.1, 0.15) is 5.75 Å². The van der Waals surface area contributed by atoms with Gasteiger partial charge in [-0.1, -0.05) is 42.5 Å². The second-order valence-corrected chi connectivity index (χ2v) is 7.05. The van der Waals surface area contributed by atoms with Crippen molar-refractivity contribution in [2.24, 2.45) is 5.92 Å². The fourth-order valence-corrected chi connectivity index (χ4v) is 3.32. The predicted molar refractivity (Wildman–Crippen MR) is 101 cm³/mol. The minimum Gasteiger partial charge on any atom is -0.426 e. The zero-order chi connectivity index (χ0) is 18.7. The number of aryl methyl sites for hydroxylation is 2. The van der Waals surface area contributed by atoms with Gasteiger partial charge in [-0.15, -0.1) is 0 Å². The molecule has 4 nitrogen and oxygen atoms in total. The Kier molecular flexibility index (Phi) is 5.40. The van der Waals surface area contributed by atoms with Gasteiger partial charge >= 0.3 is 5.97 Å². The molecule has 0 aromatic heterocycles. The Morgan fingerprint density at radius 3 is 2.50 bits per heavy atom. The summed E-state index contributed by atoms with van der Waals surface area (Å²) in [6, 6.07) is 14.0. The van der Waals surface area contributed by atoms with Gasteiger partial charge in [0.2, 0.25) is 5.91 Å². The lowest BCUT2D eigenvalue weighted by Crippen LogP contribution is -2.29. The molecule has 1 saturated heterocycles. The highest BCUT2D eigenvalue weighted by Gasteiger charge is 2.35. The number of rotatable bonds is 5. The summed E-state index contributed by atoms with van der Waals surface area (Å²) in [6.07, 6.45) is 1.03. The summed E-state index contributed by atoms with van der Waals surface area (Å²) in [5.41, 5.74) is 4.19. The largest absolute Gasteiger partial charge is 0.426 e. The third-order valence-corrected chi connectivity index (χ3v) is 5.14. The van der Waals surface area contributed by atoms with E-state index in [4.69, 9.17) is 4.74 Å². The normalized spacial score (nSPS) is 16.8. The molecular weight excluding hydrogens is 326 g/mol. The monoisotopic (exact) mass is 351 g/mol. The van der Waals surface area contributed by atoms with Crippen LogP contribution in [0.1, 0.15) is 28.7 Å². The van der Waals surface area contributed by atoms with Crippen molar-refractivity contribution in [3.63, 3.8) is 0 Å². The number of benzene rings is 2. The van der Waals surface area contributed by atoms with E-state index in [-0.39, 0.29) is 18.3 Å². The van der Waals surface area contributed by atoms with E-state index < -0.39 is 5.92 Å². The van der Waals surface area contributed by atoms with Crippen molar-refractivity contribution in [3.8, 4) is 5.75 Å². The van der Waals surface area contributed by atoms with Gasteiger partial charge in [-0.3, -0.25) is 9.59 Å². The van der Waals surface area contributed by atoms with Crippen molar-refractivity contribution < 1.29 is 14.3 Å². The third kappa shape index (κ3) is 3.96. The maximum atomic E-state index is 12.6. The molecule has 1 fully saturated rings. The van der Waals surface area contributed by atoms with Crippen LogP contribution in [0, 0.1) is 26.7 Å². The fraction of sp³-hybridized carbons (Fsp3) is 0.364. The maximum absolute atomic E-state index is 12.6. The number of esters is 1. The van der Waals surface area contributed by atoms with Gasteiger partial charge < -0.3 is 9.64 Å². The molecule has 2 aromatic rings. The zero-order valence-electron chi connectivity index (χ0n) is 15.6. The smallest absolute Gasteiger partial charge is 0.316 e. The first-order valence-electron chi connectivity index (χ1n) is 9.06. The fourth-order valence-electron chi connectivity index (χ4n) is 3.32. The highest BCUT2D eigenvalue weighted by atomic mass is 16.5. The molecule has 0 spiro atoms. The van der Waals surface area contributed by atoms with Gasteiger partial charge in [0.15, 0.2) is 0 Å². The third-order valence-electron chi connectivity index (χ3n) is 5.14. The number of nitrogens with zero attached hydrogens (tertiary/aromatic N) is 1. The molecule has 136 valence electrons. The van der Waals surface area contributed by atoms with E-state index in [1.54, 1.807) is 4.90 Å². The highest BCUT2D eigenvalue weighted by molar-refractivity contribution is 5.87. The van der Waals surface area contributed by atoms with E-state index in [0.717, 1.165) is 23.1 Å². The van der Waals surface area contributed by atoms with Crippen molar-refractivity contribution >= 4 is 11.9 Å². The summed E-state index contributed by atoms with van der Waals surface area (Å²) < 4.78 is 5.68. The van der Waals surface area contributed by atoms with Gasteiger partial charge in [0.25, 0.3) is 0 Å². The molecule has 1 amide bonds. The van der Waals surface area contributed by atoms with Gasteiger partial charge in [0, 0.05) is 19.5 Å². The summed E-state index contributed by atoms with van der Waals surface area (Å²) in [6.45, 7) is 6.96. The Morgan fingerprint density at radius 2 is 1.77 bits per heavy atom. The Balaban J connectivity index is 1.61. The molecule has 1 aliphatic heterocycles. The molecule has 26 heavy (non-hydrogen) atoms. The Labute approximate surface area is 154 Å². The lowest BCUT2D eigenvalue weighted by Gasteiger charge is -2.17. The highest BCUT2D eigenvalue weighted by Crippen LogP contribution is 2.28. The van der Waals surface area contributed by atoms with Crippen LogP contribution in [0.2, 0.25) is 0 Å². The molecule has 2 aromatic carbocycles. The molecule has 0 N–H and O–H groups in total. The number of carbonyl (C=O) groups excluding carboxylic acids is 2. The molecular formula is C22H25NO3. The van der Waals surface area contributed by atoms with Crippen LogP contribution in [-0.2, 0) is 16.0 Å². The minimum absolute atomic E-state index is 0.0283. The molecule has 0 unspecified atom stereocenters. The van der Waals surface area contributed by atoms with Crippen molar-refractivity contribution in [2.45, 2.75) is 33.6 Å². The van der Waals surface area contributed by atoms with Crippen molar-refractivity contribution in [3.05, 3.63) is 64.7 Å². The van der Waals surface area contributed by atoms with E-state index >= 15 is 0 Å². The first-order chi connectivity index (χ1) is 12.5. The Bertz CT molecular complexity index is 814. The van der Waals surface area contributed by atoms with E-state index in [2.05, 4.69) is 12.1 Å². The zero-order valence-corrected chi connectivity index (χ0v) is 15.6. The molecule has 1 atom stereocenters. The summed E-state index contributed by atoms with van der Waals surface area (Å²) in [5, 5.41) is 0. The van der Waals surface area contributed by atoms with Crippen LogP contribution in [0.4, 0.5) is 0 Å². The van der Waals surface area contributed by atoms with Crippen LogP contribution in [0.15, 0.2) is 42.5 Å². The number of carbonyl (C=O) groups is 2. The van der Waals surface area contributed by atoms with E-state index in [9.17, 15) is 9.59 Å². The SMILES string of the molecule is Cc1ccc(C)c(OC(=O)[C@@H]2CC(=O)N(CCc3ccccc3)C2)c1C. The lowest BCUT2D eigenvalue weighted by molar-refractivity contribution is -0.139. The van der Waals surface area contributed by atoms with E-state index in [1.807, 2.05) is 51.1 Å². The van der Waals surface area contributed by atoms with Crippen molar-refractivity contribution in [1.82, 2.24) is 4.90 Å². The lowest BCUT2D eigenvalue weighted by atomic mass is 10.0. The average Bonchev–Trinajstić information content (AvgIpc) is 3.02. The van der Waals surface area contributed by atoms with Gasteiger partial charge in [0.05, 0.1) is 5.92 Å². The number of likely N-dealkylation sites (tertiary alicyclic amines) is 1. The molecule has 1 heterocycles. The first-order valence-corrected chi connectivity index (χ1v) is 9.06. The maximum Gasteiger partial charge on any atom is 0.316 e. The van der Waals surface area contributed by atoms with Gasteiger partial charge in [-0.05, 0) is 49.4 Å². The van der Waals surface area contributed by atoms with Crippen LogP contribution in [0.25, 0.3) is 0 Å². The molecule has 1 aliphatic rings. The Morgan fingerprint density at radius 1 is 1.08 bits per heavy atom. The minimum atomic E-state index is -0.391. The summed E-state index contributed by atoms with van der Waals surface area (Å²) in [5.74, 6) is -0.0410. The standard InChI is InChI=1S/C22H25NO3/c1-15-9-10-16(2)21(17(15)3)26-22(25)19-13-20(24)23(14-19)12-11-18-7-5-4-6-8-18/h4-10,19H,11-14H2,1-3H3/t19-/m1/s1. The van der Waals surface area contributed by atoms with E-state index in [0.29, 0.717) is 18.8 Å². The van der Waals surface area contributed by atoms with Gasteiger partial charge in [-0.2, -0.15) is 0 Å². The summed E-state index contributed by atoms with van der Waals surface area (Å²) in [7, 11) is 0. The average molecular weight is 351 g/mol. The van der Waals surface area contributed by atoms with Crippen molar-refractivity contribution in [1.29, 1.82) is 0 Å². The molecule has 4 heteroatoms. The molecule has 0 aliphatic carbocycles. The first kappa shape index (κ1) is 18.2. The number of ether oxygens (including phenoxy) is 1. The number of hydrogen-bond donors (Lipinski definition) is 0. The molecule has 0 radical (unpaired) electrons. The second-order valence-electron chi connectivity index (χ2n) is 7.05. The molecule has 3 rings (SSSR count). The number of hydrogen-bond acceptors (Lipinski definition) is 3. The summed E-state index contributed by atoms with van der Waals surface area (Å²) in [4.78, 5) is 26.6. The van der Waals surface area contributed by atoms with Crippen LogP contribution < -0.4 is 4.74 Å². The van der Waals surface area contributed by atoms with Crippen LogP contribution in [0.5, 0.6) is 5.75 Å².